The molecule has 0 aliphatic heterocycles. The molecule has 2 nitrogen and oxygen atoms in total. The van der Waals surface area contributed by atoms with Crippen LogP contribution in [-0.2, 0) is 17.4 Å². The fourth-order valence-electron chi connectivity index (χ4n) is 2.46. The summed E-state index contributed by atoms with van der Waals surface area (Å²) >= 11 is 0. The van der Waals surface area contributed by atoms with Gasteiger partial charge in [0.15, 0.2) is 0 Å². The van der Waals surface area contributed by atoms with Crippen molar-refractivity contribution in [2.45, 2.75) is 57.7 Å². The maximum absolute atomic E-state index is 12.2. The van der Waals surface area contributed by atoms with E-state index in [1.54, 1.807) is 0 Å². The van der Waals surface area contributed by atoms with Crippen molar-refractivity contribution in [3.8, 4) is 0 Å². The molecule has 0 amide bonds. The predicted molar refractivity (Wildman–Crippen MR) is 77.9 cm³/mol. The molecule has 1 aliphatic rings. The first-order valence-corrected chi connectivity index (χ1v) is 7.81. The maximum Gasteiger partial charge on any atom is 0.0975 e. The van der Waals surface area contributed by atoms with Crippen LogP contribution in [0.4, 0.5) is 0 Å². The summed E-state index contributed by atoms with van der Waals surface area (Å²) in [6.45, 7) is 8.20. The van der Waals surface area contributed by atoms with Gasteiger partial charge >= 0.3 is 0 Å². The van der Waals surface area contributed by atoms with Crippen LogP contribution >= 0.6 is 0 Å². The standard InChI is InChI=1S/C15H23NOS/c1-11-7-5-9-13-12(11)8-6-10-14(13)16-18(17)15(2,3)4/h5,7,9,14,16H,6,8,10H2,1-4H3/t14?,18-/m0/s1. The average molecular weight is 265 g/mol. The molecule has 0 spiro atoms. The molecule has 0 saturated carbocycles. The number of hydrogen-bond donors (Lipinski definition) is 1. The first-order valence-electron chi connectivity index (χ1n) is 6.66. The molecule has 18 heavy (non-hydrogen) atoms. The molecule has 0 heterocycles. The summed E-state index contributed by atoms with van der Waals surface area (Å²) in [5.74, 6) is 0. The summed E-state index contributed by atoms with van der Waals surface area (Å²) in [5, 5.41) is 0. The van der Waals surface area contributed by atoms with Crippen LogP contribution in [0.5, 0.6) is 0 Å². The Hall–Kier alpha value is -0.670. The Labute approximate surface area is 113 Å². The molecule has 2 rings (SSSR count). The molecule has 1 N–H and O–H groups in total. The molecule has 0 fully saturated rings. The van der Waals surface area contributed by atoms with Crippen LogP contribution in [0.15, 0.2) is 18.2 Å². The second-order valence-corrected chi connectivity index (χ2v) is 8.08. The summed E-state index contributed by atoms with van der Waals surface area (Å²) < 4.78 is 15.3. The van der Waals surface area contributed by atoms with E-state index < -0.39 is 11.0 Å². The van der Waals surface area contributed by atoms with Crippen molar-refractivity contribution < 1.29 is 4.21 Å². The van der Waals surface area contributed by atoms with Gasteiger partial charge in [0.05, 0.1) is 15.7 Å². The molecule has 100 valence electrons. The van der Waals surface area contributed by atoms with Gasteiger partial charge in [-0.05, 0) is 63.6 Å². The minimum absolute atomic E-state index is 0.207. The number of aryl methyl sites for hydroxylation is 1. The number of benzene rings is 1. The molecule has 0 aromatic heterocycles. The third-order valence-electron chi connectivity index (χ3n) is 3.55. The number of hydrogen-bond acceptors (Lipinski definition) is 1. The highest BCUT2D eigenvalue weighted by atomic mass is 32.2. The lowest BCUT2D eigenvalue weighted by Gasteiger charge is -2.29. The average Bonchev–Trinajstić information content (AvgIpc) is 2.29. The smallest absolute Gasteiger partial charge is 0.0975 e. The normalized spacial score (nSPS) is 21.4. The largest absolute Gasteiger partial charge is 0.242 e. The van der Waals surface area contributed by atoms with Crippen LogP contribution in [0, 0.1) is 6.92 Å². The molecule has 1 aliphatic carbocycles. The van der Waals surface area contributed by atoms with E-state index in [0.29, 0.717) is 0 Å². The van der Waals surface area contributed by atoms with Crippen molar-refractivity contribution in [3.63, 3.8) is 0 Å². The van der Waals surface area contributed by atoms with Gasteiger partial charge in [0, 0.05) is 6.04 Å². The van der Waals surface area contributed by atoms with Crippen LogP contribution < -0.4 is 4.72 Å². The quantitative estimate of drug-likeness (QED) is 0.872. The Morgan fingerprint density at radius 2 is 2.06 bits per heavy atom. The van der Waals surface area contributed by atoms with Gasteiger partial charge in [-0.15, -0.1) is 0 Å². The van der Waals surface area contributed by atoms with Crippen molar-refractivity contribution in [3.05, 3.63) is 34.9 Å². The van der Waals surface area contributed by atoms with Crippen molar-refractivity contribution in [1.29, 1.82) is 0 Å². The fraction of sp³-hybridized carbons (Fsp3) is 0.600. The third-order valence-corrected chi connectivity index (χ3v) is 5.16. The van der Waals surface area contributed by atoms with Gasteiger partial charge in [0.25, 0.3) is 0 Å². The molecule has 1 aromatic rings. The number of nitrogens with one attached hydrogen (secondary N) is 1. The predicted octanol–water partition coefficient (Wildman–Crippen LogP) is 3.42. The van der Waals surface area contributed by atoms with Crippen molar-refractivity contribution in [2.24, 2.45) is 0 Å². The lowest BCUT2D eigenvalue weighted by atomic mass is 9.86. The van der Waals surface area contributed by atoms with E-state index in [0.717, 1.165) is 12.8 Å². The van der Waals surface area contributed by atoms with Gasteiger partial charge in [-0.1, -0.05) is 18.2 Å². The molecule has 1 unspecified atom stereocenters. The lowest BCUT2D eigenvalue weighted by molar-refractivity contribution is 0.522. The van der Waals surface area contributed by atoms with Crippen molar-refractivity contribution >= 4 is 11.0 Å². The Kier molecular flexibility index (Phi) is 3.93. The van der Waals surface area contributed by atoms with E-state index in [2.05, 4.69) is 29.8 Å². The molecule has 0 bridgehead atoms. The summed E-state index contributed by atoms with van der Waals surface area (Å²) in [4.78, 5) is 0. The highest BCUT2D eigenvalue weighted by Crippen LogP contribution is 2.32. The van der Waals surface area contributed by atoms with Gasteiger partial charge in [0.1, 0.15) is 0 Å². The Morgan fingerprint density at radius 1 is 1.33 bits per heavy atom. The van der Waals surface area contributed by atoms with E-state index in [4.69, 9.17) is 0 Å². The highest BCUT2D eigenvalue weighted by molar-refractivity contribution is 7.84. The highest BCUT2D eigenvalue weighted by Gasteiger charge is 2.26. The van der Waals surface area contributed by atoms with Crippen LogP contribution in [-0.4, -0.2) is 8.96 Å². The molecule has 0 radical (unpaired) electrons. The van der Waals surface area contributed by atoms with Crippen molar-refractivity contribution in [1.82, 2.24) is 4.72 Å². The minimum atomic E-state index is -0.999. The van der Waals surface area contributed by atoms with Gasteiger partial charge in [0.2, 0.25) is 0 Å². The van der Waals surface area contributed by atoms with E-state index >= 15 is 0 Å². The van der Waals surface area contributed by atoms with Crippen LogP contribution in [0.3, 0.4) is 0 Å². The molecule has 1 aromatic carbocycles. The van der Waals surface area contributed by atoms with E-state index in [1.165, 1.54) is 23.1 Å². The second kappa shape index (κ2) is 5.14. The zero-order valence-corrected chi connectivity index (χ0v) is 12.6. The first kappa shape index (κ1) is 13.8. The summed E-state index contributed by atoms with van der Waals surface area (Å²) in [6.07, 6.45) is 3.41. The number of fused-ring (bicyclic) bond motifs is 1. The van der Waals surface area contributed by atoms with E-state index in [1.807, 2.05) is 20.8 Å². The minimum Gasteiger partial charge on any atom is -0.242 e. The molecule has 0 saturated heterocycles. The van der Waals surface area contributed by atoms with Gasteiger partial charge < -0.3 is 0 Å². The zero-order valence-electron chi connectivity index (χ0n) is 11.7. The topological polar surface area (TPSA) is 29.1 Å². The molecular formula is C15H23NOS. The van der Waals surface area contributed by atoms with Crippen molar-refractivity contribution in [2.75, 3.05) is 0 Å². The Bertz CT molecular complexity index is 462. The Balaban J connectivity index is 2.24. The first-order chi connectivity index (χ1) is 8.39. The van der Waals surface area contributed by atoms with Crippen LogP contribution in [0.25, 0.3) is 0 Å². The summed E-state index contributed by atoms with van der Waals surface area (Å²) in [6, 6.07) is 6.70. The Morgan fingerprint density at radius 3 is 2.72 bits per heavy atom. The third kappa shape index (κ3) is 2.83. The molecule has 3 heteroatoms. The number of rotatable bonds is 2. The monoisotopic (exact) mass is 265 g/mol. The summed E-state index contributed by atoms with van der Waals surface area (Å²) in [5.41, 5.74) is 4.16. The van der Waals surface area contributed by atoms with Gasteiger partial charge in [-0.25, -0.2) is 8.93 Å². The van der Waals surface area contributed by atoms with E-state index in [-0.39, 0.29) is 10.8 Å². The van der Waals surface area contributed by atoms with Gasteiger partial charge in [-0.2, -0.15) is 0 Å². The maximum atomic E-state index is 12.2. The van der Waals surface area contributed by atoms with Crippen LogP contribution in [0.1, 0.15) is 56.3 Å². The lowest BCUT2D eigenvalue weighted by Crippen LogP contribution is -2.37. The SMILES string of the molecule is Cc1cccc2c1CCCC2N[S@@](=O)C(C)(C)C. The summed E-state index contributed by atoms with van der Waals surface area (Å²) in [7, 11) is -0.999. The van der Waals surface area contributed by atoms with Crippen LogP contribution in [0.2, 0.25) is 0 Å². The molecular weight excluding hydrogens is 242 g/mol. The zero-order chi connectivity index (χ0) is 13.3. The van der Waals surface area contributed by atoms with E-state index in [9.17, 15) is 4.21 Å². The second-order valence-electron chi connectivity index (χ2n) is 6.09. The molecule has 2 atom stereocenters. The fourth-order valence-corrected chi connectivity index (χ4v) is 3.32. The van der Waals surface area contributed by atoms with Gasteiger partial charge in [-0.3, -0.25) is 0 Å².